The number of carbonyl (C=O) groups is 1. The number of aromatic amines is 1. The van der Waals surface area contributed by atoms with E-state index in [0.717, 1.165) is 0 Å². The summed E-state index contributed by atoms with van der Waals surface area (Å²) in [4.78, 5) is 33.6. The summed E-state index contributed by atoms with van der Waals surface area (Å²) in [6, 6.07) is 10.4. The summed E-state index contributed by atoms with van der Waals surface area (Å²) in [5.41, 5.74) is 1.27. The first-order valence-corrected chi connectivity index (χ1v) is 10.2. The number of carbonyl (C=O) groups excluding carboxylic acids is 1. The van der Waals surface area contributed by atoms with Gasteiger partial charge in [-0.2, -0.15) is 15.0 Å². The third kappa shape index (κ3) is 4.76. The van der Waals surface area contributed by atoms with Crippen LogP contribution in [0.2, 0.25) is 0 Å². The van der Waals surface area contributed by atoms with Crippen molar-refractivity contribution in [3.63, 3.8) is 0 Å². The third-order valence-corrected chi connectivity index (χ3v) is 4.93. The first-order valence-electron chi connectivity index (χ1n) is 10.2. The molecule has 1 amide bonds. The zero-order valence-electron chi connectivity index (χ0n) is 18.2. The molecular formula is C22H23N7O4. The predicted octanol–water partition coefficient (Wildman–Crippen LogP) is 1.75. The van der Waals surface area contributed by atoms with Crippen LogP contribution >= 0.6 is 0 Å². The van der Waals surface area contributed by atoms with Crippen LogP contribution in [0, 0.1) is 0 Å². The molecule has 170 valence electrons. The van der Waals surface area contributed by atoms with Crippen molar-refractivity contribution in [3.05, 3.63) is 64.7 Å². The maximum atomic E-state index is 12.6. The van der Waals surface area contributed by atoms with Gasteiger partial charge in [0.2, 0.25) is 5.95 Å². The van der Waals surface area contributed by atoms with Crippen molar-refractivity contribution < 1.29 is 14.3 Å². The number of hydrogen-bond acceptors (Lipinski definition) is 8. The van der Waals surface area contributed by atoms with Crippen LogP contribution in [0.1, 0.15) is 16.8 Å². The van der Waals surface area contributed by atoms with Crippen molar-refractivity contribution in [2.45, 2.75) is 6.42 Å². The maximum Gasteiger partial charge on any atom is 0.260 e. The van der Waals surface area contributed by atoms with Crippen molar-refractivity contribution in [2.24, 2.45) is 0 Å². The lowest BCUT2D eigenvalue weighted by molar-refractivity contribution is 0.0953. The number of fused-ring (bicyclic) bond motifs is 1. The Hall–Kier alpha value is -4.41. The zero-order valence-corrected chi connectivity index (χ0v) is 18.2. The number of aromatic nitrogens is 5. The molecule has 11 heteroatoms. The van der Waals surface area contributed by atoms with Gasteiger partial charge < -0.3 is 20.1 Å². The van der Waals surface area contributed by atoms with Crippen LogP contribution in [0.5, 0.6) is 11.5 Å². The van der Waals surface area contributed by atoms with Crippen molar-refractivity contribution >= 4 is 22.8 Å². The highest BCUT2D eigenvalue weighted by molar-refractivity contribution is 5.97. The number of ether oxygens (including phenoxy) is 2. The van der Waals surface area contributed by atoms with E-state index in [-0.39, 0.29) is 11.5 Å². The minimum absolute atomic E-state index is 0.221. The highest BCUT2D eigenvalue weighted by atomic mass is 16.5. The van der Waals surface area contributed by atoms with Gasteiger partial charge in [0.15, 0.2) is 11.5 Å². The quantitative estimate of drug-likeness (QED) is 0.329. The van der Waals surface area contributed by atoms with Crippen LogP contribution in [-0.2, 0) is 0 Å². The molecule has 2 aromatic heterocycles. The molecule has 4 aromatic rings. The van der Waals surface area contributed by atoms with Gasteiger partial charge in [0.1, 0.15) is 0 Å². The summed E-state index contributed by atoms with van der Waals surface area (Å²) in [7, 11) is 3.03. The molecule has 33 heavy (non-hydrogen) atoms. The van der Waals surface area contributed by atoms with E-state index in [9.17, 15) is 9.59 Å². The standard InChI is InChI=1S/C22H23N7O4/c1-32-18-12-15-16(13-19(18)33-2)27-22(28-21(15)31)24-9-5-8-23-20(30)14-6-3-4-7-17(14)29-25-10-11-26-29/h3-4,6-7,10-13H,5,8-9H2,1-2H3,(H,23,30)(H2,24,27,28,31). The minimum Gasteiger partial charge on any atom is -0.493 e. The SMILES string of the molecule is COc1cc2nc(NCCCNC(=O)c3ccccc3-n3nccn3)[nH]c(=O)c2cc1OC. The molecule has 0 spiro atoms. The van der Waals surface area contributed by atoms with E-state index in [2.05, 4.69) is 30.8 Å². The van der Waals surface area contributed by atoms with Crippen LogP contribution in [0.25, 0.3) is 16.6 Å². The zero-order chi connectivity index (χ0) is 23.2. The summed E-state index contributed by atoms with van der Waals surface area (Å²) < 4.78 is 10.5. The number of para-hydroxylation sites is 1. The molecule has 0 aliphatic heterocycles. The lowest BCUT2D eigenvalue weighted by Crippen LogP contribution is -2.27. The fraction of sp³-hybridized carbons (Fsp3) is 0.227. The summed E-state index contributed by atoms with van der Waals surface area (Å²) in [5.74, 6) is 1.06. The Bertz CT molecular complexity index is 1320. The summed E-state index contributed by atoms with van der Waals surface area (Å²) in [5, 5.41) is 14.5. The van der Waals surface area contributed by atoms with Crippen molar-refractivity contribution in [2.75, 3.05) is 32.6 Å². The van der Waals surface area contributed by atoms with Crippen LogP contribution in [0.4, 0.5) is 5.95 Å². The van der Waals surface area contributed by atoms with E-state index in [1.807, 2.05) is 6.07 Å². The van der Waals surface area contributed by atoms with Gasteiger partial charge in [-0.25, -0.2) is 4.98 Å². The molecule has 0 bridgehead atoms. The average molecular weight is 449 g/mol. The van der Waals surface area contributed by atoms with Gasteiger partial charge >= 0.3 is 0 Å². The molecule has 0 fully saturated rings. The summed E-state index contributed by atoms with van der Waals surface area (Å²) in [6.07, 6.45) is 3.72. The molecule has 0 aliphatic rings. The number of benzene rings is 2. The maximum absolute atomic E-state index is 12.6. The Balaban J connectivity index is 1.35. The van der Waals surface area contributed by atoms with Gasteiger partial charge in [-0.05, 0) is 24.6 Å². The second kappa shape index (κ2) is 9.81. The van der Waals surface area contributed by atoms with Gasteiger partial charge in [0.25, 0.3) is 11.5 Å². The molecule has 2 heterocycles. The largest absolute Gasteiger partial charge is 0.493 e. The number of anilines is 1. The number of amides is 1. The molecule has 0 atom stereocenters. The van der Waals surface area contributed by atoms with Gasteiger partial charge in [-0.15, -0.1) is 0 Å². The number of nitrogens with zero attached hydrogens (tertiary/aromatic N) is 4. The number of H-pyrrole nitrogens is 1. The Morgan fingerprint density at radius 3 is 2.55 bits per heavy atom. The highest BCUT2D eigenvalue weighted by Gasteiger charge is 2.13. The number of rotatable bonds is 9. The summed E-state index contributed by atoms with van der Waals surface area (Å²) >= 11 is 0. The number of hydrogen-bond donors (Lipinski definition) is 3. The lowest BCUT2D eigenvalue weighted by Gasteiger charge is -2.11. The van der Waals surface area contributed by atoms with Crippen LogP contribution in [-0.4, -0.2) is 58.2 Å². The van der Waals surface area contributed by atoms with E-state index >= 15 is 0 Å². The summed E-state index contributed by atoms with van der Waals surface area (Å²) in [6.45, 7) is 0.917. The molecule has 0 saturated heterocycles. The Labute approximate surface area is 188 Å². The number of methoxy groups -OCH3 is 2. The molecule has 2 aromatic carbocycles. The smallest absolute Gasteiger partial charge is 0.260 e. The number of nitrogens with one attached hydrogen (secondary N) is 3. The lowest BCUT2D eigenvalue weighted by atomic mass is 10.1. The molecule has 0 saturated carbocycles. The fourth-order valence-corrected chi connectivity index (χ4v) is 3.32. The van der Waals surface area contributed by atoms with Crippen molar-refractivity contribution in [1.82, 2.24) is 30.3 Å². The fourth-order valence-electron chi connectivity index (χ4n) is 3.32. The first-order chi connectivity index (χ1) is 16.1. The van der Waals surface area contributed by atoms with E-state index in [1.165, 1.54) is 19.0 Å². The van der Waals surface area contributed by atoms with Gasteiger partial charge in [-0.1, -0.05) is 12.1 Å². The normalized spacial score (nSPS) is 10.7. The molecule has 0 aliphatic carbocycles. The second-order valence-electron chi connectivity index (χ2n) is 7.01. The third-order valence-electron chi connectivity index (χ3n) is 4.93. The van der Waals surface area contributed by atoms with Crippen LogP contribution < -0.4 is 25.7 Å². The topological polar surface area (TPSA) is 136 Å². The second-order valence-corrected chi connectivity index (χ2v) is 7.01. The monoisotopic (exact) mass is 449 g/mol. The molecule has 0 unspecified atom stereocenters. The van der Waals surface area contributed by atoms with Gasteiger partial charge in [-0.3, -0.25) is 14.6 Å². The Kier molecular flexibility index (Phi) is 6.48. The van der Waals surface area contributed by atoms with E-state index in [4.69, 9.17) is 9.47 Å². The Morgan fingerprint density at radius 1 is 1.06 bits per heavy atom. The molecule has 4 rings (SSSR count). The van der Waals surface area contributed by atoms with Crippen LogP contribution in [0.3, 0.4) is 0 Å². The highest BCUT2D eigenvalue weighted by Crippen LogP contribution is 2.30. The van der Waals surface area contributed by atoms with E-state index in [0.29, 0.717) is 59.1 Å². The van der Waals surface area contributed by atoms with Crippen molar-refractivity contribution in [1.29, 1.82) is 0 Å². The van der Waals surface area contributed by atoms with E-state index in [1.54, 1.807) is 42.7 Å². The van der Waals surface area contributed by atoms with E-state index < -0.39 is 0 Å². The molecule has 3 N–H and O–H groups in total. The van der Waals surface area contributed by atoms with Gasteiger partial charge in [0.05, 0.1) is 48.8 Å². The minimum atomic E-state index is -0.291. The van der Waals surface area contributed by atoms with Crippen LogP contribution in [0.15, 0.2) is 53.6 Å². The van der Waals surface area contributed by atoms with Crippen molar-refractivity contribution in [3.8, 4) is 17.2 Å². The molecular weight excluding hydrogens is 426 g/mol. The Morgan fingerprint density at radius 2 is 1.79 bits per heavy atom. The molecule has 0 radical (unpaired) electrons. The first kappa shape index (κ1) is 21.8. The predicted molar refractivity (Wildman–Crippen MR) is 122 cm³/mol. The average Bonchev–Trinajstić information content (AvgIpc) is 3.38. The molecule has 11 nitrogen and oxygen atoms in total. The van der Waals surface area contributed by atoms with Gasteiger partial charge in [0, 0.05) is 19.2 Å².